The Morgan fingerprint density at radius 3 is 2.21 bits per heavy atom. The molecule has 0 saturated carbocycles. The third-order valence-electron chi connectivity index (χ3n) is 5.64. The van der Waals surface area contributed by atoms with Crippen LogP contribution in [0.2, 0.25) is 0 Å². The maximum absolute atomic E-state index is 13.2. The number of rotatable bonds is 5. The molecule has 0 aliphatic heterocycles. The second kappa shape index (κ2) is 8.62. The fraction of sp³-hybridized carbons (Fsp3) is 0.318. The van der Waals surface area contributed by atoms with Crippen molar-refractivity contribution in [1.82, 2.24) is 14.8 Å². The highest BCUT2D eigenvalue weighted by Gasteiger charge is 2.31. The quantitative estimate of drug-likeness (QED) is 0.503. The lowest BCUT2D eigenvalue weighted by atomic mass is 9.95. The number of alkyl halides is 3. The Balaban J connectivity index is 1.62. The number of halogens is 3. The molecule has 0 unspecified atom stereocenters. The average Bonchev–Trinajstić information content (AvgIpc) is 3.30. The Bertz CT molecular complexity index is 1290. The van der Waals surface area contributed by atoms with Crippen LogP contribution in [-0.2, 0) is 29.0 Å². The van der Waals surface area contributed by atoms with Crippen molar-refractivity contribution in [2.75, 3.05) is 0 Å². The molecule has 0 bridgehead atoms. The van der Waals surface area contributed by atoms with Gasteiger partial charge >= 0.3 is 6.18 Å². The fourth-order valence-corrected chi connectivity index (χ4v) is 6.33. The molecule has 0 saturated heterocycles. The van der Waals surface area contributed by atoms with E-state index in [4.69, 9.17) is 0 Å². The van der Waals surface area contributed by atoms with E-state index in [0.29, 0.717) is 17.7 Å². The van der Waals surface area contributed by atoms with E-state index in [0.717, 1.165) is 64.6 Å². The lowest BCUT2D eigenvalue weighted by Crippen LogP contribution is -2.42. The Morgan fingerprint density at radius 2 is 1.61 bits per heavy atom. The van der Waals surface area contributed by atoms with Crippen LogP contribution in [0.3, 0.4) is 0 Å². The van der Waals surface area contributed by atoms with E-state index in [1.807, 2.05) is 35.4 Å². The van der Waals surface area contributed by atoms with Gasteiger partial charge in [0, 0.05) is 16.3 Å². The first kappa shape index (κ1) is 23.5. The van der Waals surface area contributed by atoms with Gasteiger partial charge in [-0.1, -0.05) is 0 Å². The molecule has 1 aliphatic carbocycles. The Hall–Kier alpha value is -2.63. The van der Waals surface area contributed by atoms with Crippen molar-refractivity contribution in [3.05, 3.63) is 69.4 Å². The van der Waals surface area contributed by atoms with Gasteiger partial charge in [-0.05, 0) is 81.5 Å². The number of sulfonamides is 1. The van der Waals surface area contributed by atoms with E-state index in [2.05, 4.69) is 5.43 Å². The van der Waals surface area contributed by atoms with Gasteiger partial charge in [-0.15, -0.1) is 16.2 Å². The van der Waals surface area contributed by atoms with Gasteiger partial charge in [0.15, 0.2) is 0 Å². The Kier molecular flexibility index (Phi) is 6.14. The van der Waals surface area contributed by atoms with Crippen LogP contribution in [0.25, 0.3) is 5.00 Å². The summed E-state index contributed by atoms with van der Waals surface area (Å²) in [5.41, 5.74) is 4.53. The highest BCUT2D eigenvalue weighted by atomic mass is 32.2. The van der Waals surface area contributed by atoms with Gasteiger partial charge in [0.25, 0.3) is 15.9 Å². The summed E-state index contributed by atoms with van der Waals surface area (Å²) in [5.74, 6) is -0.604. The van der Waals surface area contributed by atoms with Crippen molar-refractivity contribution in [3.63, 3.8) is 0 Å². The number of fused-ring (bicyclic) bond motifs is 1. The second-order valence-corrected chi connectivity index (χ2v) is 10.7. The molecule has 1 aromatic carbocycles. The molecule has 0 spiro atoms. The maximum Gasteiger partial charge on any atom is 0.416 e. The molecule has 2 N–H and O–H groups in total. The summed E-state index contributed by atoms with van der Waals surface area (Å²) in [7, 11) is -4.27. The van der Waals surface area contributed by atoms with Crippen molar-refractivity contribution in [1.29, 1.82) is 0 Å². The number of hydrogen-bond donors (Lipinski definition) is 2. The average molecular weight is 498 g/mol. The number of benzene rings is 1. The van der Waals surface area contributed by atoms with Crippen LogP contribution in [0.15, 0.2) is 41.3 Å². The van der Waals surface area contributed by atoms with Crippen LogP contribution in [0.4, 0.5) is 13.2 Å². The molecule has 6 nitrogen and oxygen atoms in total. The Morgan fingerprint density at radius 1 is 1.00 bits per heavy atom. The molecule has 1 aliphatic rings. The van der Waals surface area contributed by atoms with Crippen LogP contribution in [0.1, 0.15) is 50.6 Å². The third kappa shape index (κ3) is 4.57. The van der Waals surface area contributed by atoms with E-state index < -0.39 is 27.7 Å². The van der Waals surface area contributed by atoms with E-state index in [1.165, 1.54) is 11.3 Å². The number of thiophene rings is 1. The predicted octanol–water partition coefficient (Wildman–Crippen LogP) is 4.68. The number of hydrogen-bond acceptors (Lipinski definition) is 4. The normalized spacial score (nSPS) is 14.2. The van der Waals surface area contributed by atoms with Crippen LogP contribution in [0.5, 0.6) is 0 Å². The predicted molar refractivity (Wildman–Crippen MR) is 119 cm³/mol. The number of aryl methyl sites for hydroxylation is 3. The molecule has 0 fully saturated rings. The largest absolute Gasteiger partial charge is 0.416 e. The van der Waals surface area contributed by atoms with Crippen LogP contribution in [0, 0.1) is 13.8 Å². The maximum atomic E-state index is 13.2. The summed E-state index contributed by atoms with van der Waals surface area (Å²) in [4.78, 5) is 15.9. The minimum Gasteiger partial charge on any atom is -0.309 e. The third-order valence-corrected chi connectivity index (χ3v) is 8.19. The molecule has 33 heavy (non-hydrogen) atoms. The number of carbonyl (C=O) groups excluding carboxylic acids is 1. The van der Waals surface area contributed by atoms with E-state index in [-0.39, 0.29) is 4.90 Å². The summed E-state index contributed by atoms with van der Waals surface area (Å²) < 4.78 is 65.4. The van der Waals surface area contributed by atoms with Gasteiger partial charge in [-0.2, -0.15) is 13.2 Å². The molecular formula is C22H22F3N3O3S2. The number of nitrogens with one attached hydrogen (secondary N) is 2. The van der Waals surface area contributed by atoms with Crippen molar-refractivity contribution < 1.29 is 26.4 Å². The number of amides is 1. The standard InChI is InChI=1S/C22H22F3N3O3S2/c1-13-7-8-14(2)28(13)21-19(17-5-3-4-6-18(17)32-21)20(29)26-27-33(30,31)16-11-9-15(10-12-16)22(23,24)25/h7-12,27H,3-6H2,1-2H3,(H,26,29). The van der Waals surface area contributed by atoms with Crippen molar-refractivity contribution in [2.45, 2.75) is 50.6 Å². The number of hydrazine groups is 1. The minimum atomic E-state index is -4.58. The minimum absolute atomic E-state index is 0.388. The monoisotopic (exact) mass is 497 g/mol. The summed E-state index contributed by atoms with van der Waals surface area (Å²) in [6, 6.07) is 6.96. The first-order chi connectivity index (χ1) is 15.5. The van der Waals surface area contributed by atoms with Gasteiger partial charge in [0.2, 0.25) is 0 Å². The summed E-state index contributed by atoms with van der Waals surface area (Å²) in [6.07, 6.45) is -1.04. The van der Waals surface area contributed by atoms with Gasteiger partial charge in [0.05, 0.1) is 16.0 Å². The summed E-state index contributed by atoms with van der Waals surface area (Å²) in [6.45, 7) is 3.86. The molecule has 3 aromatic rings. The van der Waals surface area contributed by atoms with E-state index in [1.54, 1.807) is 0 Å². The van der Waals surface area contributed by atoms with Crippen LogP contribution < -0.4 is 10.3 Å². The van der Waals surface area contributed by atoms with E-state index in [9.17, 15) is 26.4 Å². The number of aromatic nitrogens is 1. The Labute approximate surface area is 193 Å². The first-order valence-electron chi connectivity index (χ1n) is 10.3. The van der Waals surface area contributed by atoms with Gasteiger partial charge in [-0.25, -0.2) is 8.42 Å². The lowest BCUT2D eigenvalue weighted by Gasteiger charge is -2.15. The second-order valence-electron chi connectivity index (χ2n) is 7.92. The highest BCUT2D eigenvalue weighted by Crippen LogP contribution is 2.38. The molecule has 2 aromatic heterocycles. The molecule has 1 amide bonds. The number of carbonyl (C=O) groups is 1. The van der Waals surface area contributed by atoms with Gasteiger partial charge in [0.1, 0.15) is 5.00 Å². The molecule has 2 heterocycles. The molecule has 0 atom stereocenters. The first-order valence-corrected chi connectivity index (χ1v) is 12.6. The fourth-order valence-electron chi connectivity index (χ4n) is 3.99. The summed E-state index contributed by atoms with van der Waals surface area (Å²) in [5, 5.41) is 0.730. The van der Waals surface area contributed by atoms with Crippen molar-refractivity contribution in [3.8, 4) is 5.00 Å². The van der Waals surface area contributed by atoms with Crippen molar-refractivity contribution >= 4 is 27.3 Å². The molecule has 176 valence electrons. The molecular weight excluding hydrogens is 475 g/mol. The summed E-state index contributed by atoms with van der Waals surface area (Å²) >= 11 is 1.53. The van der Waals surface area contributed by atoms with Crippen LogP contribution >= 0.6 is 11.3 Å². The molecule has 0 radical (unpaired) electrons. The number of nitrogens with zero attached hydrogens (tertiary/aromatic N) is 1. The zero-order valence-corrected chi connectivity index (χ0v) is 19.5. The SMILES string of the molecule is Cc1ccc(C)n1-c1sc2c(c1C(=O)NNS(=O)(=O)c1ccc(C(F)(F)F)cc1)CCCC2. The topological polar surface area (TPSA) is 80.2 Å². The zero-order chi connectivity index (χ0) is 24.0. The highest BCUT2D eigenvalue weighted by molar-refractivity contribution is 7.89. The zero-order valence-electron chi connectivity index (χ0n) is 17.9. The smallest absolute Gasteiger partial charge is 0.309 e. The molecule has 11 heteroatoms. The van der Waals surface area contributed by atoms with Crippen LogP contribution in [-0.4, -0.2) is 18.9 Å². The van der Waals surface area contributed by atoms with Gasteiger partial charge in [-0.3, -0.25) is 10.2 Å². The van der Waals surface area contributed by atoms with Crippen molar-refractivity contribution in [2.24, 2.45) is 0 Å². The van der Waals surface area contributed by atoms with Gasteiger partial charge < -0.3 is 4.57 Å². The van der Waals surface area contributed by atoms with E-state index >= 15 is 0 Å². The lowest BCUT2D eigenvalue weighted by molar-refractivity contribution is -0.137. The molecule has 4 rings (SSSR count).